The van der Waals surface area contributed by atoms with Crippen LogP contribution in [0.2, 0.25) is 0 Å². The maximum atomic E-state index is 13.2. The van der Waals surface area contributed by atoms with Gasteiger partial charge in [0.25, 0.3) is 0 Å². The third kappa shape index (κ3) is 5.26. The van der Waals surface area contributed by atoms with Crippen LogP contribution in [0.3, 0.4) is 0 Å². The lowest BCUT2D eigenvalue weighted by Crippen LogP contribution is -2.38. The van der Waals surface area contributed by atoms with Crippen LogP contribution >= 0.6 is 0 Å². The minimum Gasteiger partial charge on any atom is -0.311 e. The van der Waals surface area contributed by atoms with Crippen molar-refractivity contribution >= 4 is 21.6 Å². The molecule has 20 heavy (non-hydrogen) atoms. The molecule has 7 heteroatoms. The topological polar surface area (TPSA) is 66.5 Å². The number of benzene rings is 1. The lowest BCUT2D eigenvalue weighted by atomic mass is 10.2. The molecule has 0 saturated heterocycles. The molecule has 0 atom stereocenters. The summed E-state index contributed by atoms with van der Waals surface area (Å²) in [5.74, 6) is -0.668. The molecule has 0 spiro atoms. The minimum absolute atomic E-state index is 0.0486. The molecule has 0 aliphatic rings. The molecule has 0 saturated carbocycles. The highest BCUT2D eigenvalue weighted by Gasteiger charge is 2.14. The standard InChI is InChI=1S/C13H19FN2O3S/c1-3-9-20(18,19)15-7-8-16(11(2)17)13-6-4-5-12(14)10-13/h4-6,10,15H,3,7-9H2,1-2H3. The molecule has 112 valence electrons. The first-order chi connectivity index (χ1) is 9.35. The van der Waals surface area contributed by atoms with E-state index in [0.29, 0.717) is 12.1 Å². The van der Waals surface area contributed by atoms with E-state index in [1.807, 2.05) is 0 Å². The zero-order valence-corrected chi connectivity index (χ0v) is 12.4. The number of anilines is 1. The fourth-order valence-corrected chi connectivity index (χ4v) is 2.85. The molecule has 1 rings (SSSR count). The monoisotopic (exact) mass is 302 g/mol. The van der Waals surface area contributed by atoms with Crippen LogP contribution in [0, 0.1) is 5.82 Å². The summed E-state index contributed by atoms with van der Waals surface area (Å²) < 4.78 is 38.6. The normalized spacial score (nSPS) is 11.3. The number of nitrogens with one attached hydrogen (secondary N) is 1. The molecule has 0 unspecified atom stereocenters. The Morgan fingerprint density at radius 2 is 2.10 bits per heavy atom. The Kier molecular flexibility index (Phi) is 6.09. The second kappa shape index (κ2) is 7.35. The largest absolute Gasteiger partial charge is 0.311 e. The third-order valence-electron chi connectivity index (χ3n) is 2.63. The summed E-state index contributed by atoms with van der Waals surface area (Å²) in [6, 6.07) is 5.63. The quantitative estimate of drug-likeness (QED) is 0.830. The van der Waals surface area contributed by atoms with Crippen LogP contribution in [0.15, 0.2) is 24.3 Å². The molecule has 1 aromatic carbocycles. The van der Waals surface area contributed by atoms with Gasteiger partial charge in [0, 0.05) is 25.7 Å². The average Bonchev–Trinajstić information content (AvgIpc) is 2.34. The maximum absolute atomic E-state index is 13.2. The number of amides is 1. The van der Waals surface area contributed by atoms with E-state index in [-0.39, 0.29) is 24.7 Å². The fraction of sp³-hybridized carbons (Fsp3) is 0.462. The molecule has 0 aromatic heterocycles. The van der Waals surface area contributed by atoms with Crippen molar-refractivity contribution in [3.05, 3.63) is 30.1 Å². The minimum atomic E-state index is -3.31. The Labute approximate surface area is 118 Å². The number of nitrogens with zero attached hydrogens (tertiary/aromatic N) is 1. The zero-order valence-electron chi connectivity index (χ0n) is 11.6. The smallest absolute Gasteiger partial charge is 0.223 e. The lowest BCUT2D eigenvalue weighted by molar-refractivity contribution is -0.116. The van der Waals surface area contributed by atoms with Crippen LogP contribution < -0.4 is 9.62 Å². The molecule has 1 aromatic rings. The number of carbonyl (C=O) groups excluding carboxylic acids is 1. The van der Waals surface area contributed by atoms with Gasteiger partial charge in [0.15, 0.2) is 0 Å². The lowest BCUT2D eigenvalue weighted by Gasteiger charge is -2.21. The van der Waals surface area contributed by atoms with E-state index in [0.717, 1.165) is 0 Å². The first kappa shape index (κ1) is 16.6. The van der Waals surface area contributed by atoms with Crippen molar-refractivity contribution in [3.8, 4) is 0 Å². The van der Waals surface area contributed by atoms with Crippen LogP contribution in [0.5, 0.6) is 0 Å². The first-order valence-electron chi connectivity index (χ1n) is 6.36. The van der Waals surface area contributed by atoms with E-state index >= 15 is 0 Å². The van der Waals surface area contributed by atoms with Crippen LogP contribution in [-0.4, -0.2) is 33.2 Å². The molecule has 5 nitrogen and oxygen atoms in total. The van der Waals surface area contributed by atoms with E-state index in [2.05, 4.69) is 4.72 Å². The summed E-state index contributed by atoms with van der Waals surface area (Å²) >= 11 is 0. The Morgan fingerprint density at radius 3 is 2.65 bits per heavy atom. The van der Waals surface area contributed by atoms with Gasteiger partial charge in [0.2, 0.25) is 15.9 Å². The molecule has 1 amide bonds. The van der Waals surface area contributed by atoms with Gasteiger partial charge in [-0.2, -0.15) is 0 Å². The molecule has 0 aliphatic heterocycles. The van der Waals surface area contributed by atoms with E-state index < -0.39 is 15.8 Å². The van der Waals surface area contributed by atoms with Crippen molar-refractivity contribution in [2.24, 2.45) is 0 Å². The average molecular weight is 302 g/mol. The Bertz CT molecular complexity index is 560. The van der Waals surface area contributed by atoms with Gasteiger partial charge in [-0.05, 0) is 24.6 Å². The van der Waals surface area contributed by atoms with Crippen LogP contribution in [0.25, 0.3) is 0 Å². The van der Waals surface area contributed by atoms with Crippen molar-refractivity contribution in [2.45, 2.75) is 20.3 Å². The number of hydrogen-bond acceptors (Lipinski definition) is 3. The summed E-state index contributed by atoms with van der Waals surface area (Å²) in [5, 5.41) is 0. The predicted molar refractivity (Wildman–Crippen MR) is 76.5 cm³/mol. The van der Waals surface area contributed by atoms with Gasteiger partial charge >= 0.3 is 0 Å². The van der Waals surface area contributed by atoms with Crippen molar-refractivity contribution in [1.82, 2.24) is 4.72 Å². The summed E-state index contributed by atoms with van der Waals surface area (Å²) in [4.78, 5) is 12.9. The van der Waals surface area contributed by atoms with Crippen molar-refractivity contribution in [2.75, 3.05) is 23.7 Å². The van der Waals surface area contributed by atoms with Gasteiger partial charge in [-0.25, -0.2) is 17.5 Å². The van der Waals surface area contributed by atoms with Gasteiger partial charge in [-0.1, -0.05) is 13.0 Å². The molecule has 0 bridgehead atoms. The third-order valence-corrected chi connectivity index (χ3v) is 4.22. The summed E-state index contributed by atoms with van der Waals surface area (Å²) in [6.07, 6.45) is 0.523. The molecule has 0 heterocycles. The van der Waals surface area contributed by atoms with Crippen molar-refractivity contribution < 1.29 is 17.6 Å². The van der Waals surface area contributed by atoms with Gasteiger partial charge in [-0.15, -0.1) is 0 Å². The first-order valence-corrected chi connectivity index (χ1v) is 8.02. The highest BCUT2D eigenvalue weighted by Crippen LogP contribution is 2.15. The van der Waals surface area contributed by atoms with Gasteiger partial charge in [-0.3, -0.25) is 4.79 Å². The molecule has 1 N–H and O–H groups in total. The Hall–Kier alpha value is -1.47. The predicted octanol–water partition coefficient (Wildman–Crippen LogP) is 1.51. The highest BCUT2D eigenvalue weighted by atomic mass is 32.2. The summed E-state index contributed by atoms with van der Waals surface area (Å²) in [5.41, 5.74) is 0.409. The summed E-state index contributed by atoms with van der Waals surface area (Å²) in [6.45, 7) is 3.37. The van der Waals surface area contributed by atoms with Crippen molar-refractivity contribution in [3.63, 3.8) is 0 Å². The van der Waals surface area contributed by atoms with Crippen LogP contribution in [-0.2, 0) is 14.8 Å². The molecule has 0 radical (unpaired) electrons. The van der Waals surface area contributed by atoms with E-state index in [1.54, 1.807) is 13.0 Å². The van der Waals surface area contributed by atoms with Gasteiger partial charge in [0.05, 0.1) is 5.75 Å². The number of hydrogen-bond donors (Lipinski definition) is 1. The number of sulfonamides is 1. The van der Waals surface area contributed by atoms with Crippen LogP contribution in [0.4, 0.5) is 10.1 Å². The Morgan fingerprint density at radius 1 is 1.40 bits per heavy atom. The van der Waals surface area contributed by atoms with Gasteiger partial charge in [0.1, 0.15) is 5.82 Å². The zero-order chi connectivity index (χ0) is 15.2. The number of carbonyl (C=O) groups is 1. The maximum Gasteiger partial charge on any atom is 0.223 e. The van der Waals surface area contributed by atoms with E-state index in [9.17, 15) is 17.6 Å². The number of halogens is 1. The van der Waals surface area contributed by atoms with Gasteiger partial charge < -0.3 is 4.90 Å². The summed E-state index contributed by atoms with van der Waals surface area (Å²) in [7, 11) is -3.31. The van der Waals surface area contributed by atoms with E-state index in [4.69, 9.17) is 0 Å². The molecular weight excluding hydrogens is 283 g/mol. The Balaban J connectivity index is 2.68. The van der Waals surface area contributed by atoms with Crippen molar-refractivity contribution in [1.29, 1.82) is 0 Å². The fourth-order valence-electron chi connectivity index (χ4n) is 1.77. The molecular formula is C13H19FN2O3S. The second-order valence-electron chi connectivity index (χ2n) is 4.36. The SMILES string of the molecule is CCCS(=O)(=O)NCCN(C(C)=O)c1cccc(F)c1. The second-order valence-corrected chi connectivity index (χ2v) is 6.29. The number of rotatable bonds is 7. The molecule has 0 aliphatic carbocycles. The van der Waals surface area contributed by atoms with Crippen LogP contribution in [0.1, 0.15) is 20.3 Å². The van der Waals surface area contributed by atoms with E-state index in [1.165, 1.54) is 30.0 Å². The highest BCUT2D eigenvalue weighted by molar-refractivity contribution is 7.89. The molecule has 0 fully saturated rings.